The van der Waals surface area contributed by atoms with Gasteiger partial charge in [-0.2, -0.15) is 0 Å². The summed E-state index contributed by atoms with van der Waals surface area (Å²) in [5.74, 6) is 0.334. The van der Waals surface area contributed by atoms with Gasteiger partial charge < -0.3 is 15.0 Å². The van der Waals surface area contributed by atoms with Crippen LogP contribution in [-0.4, -0.2) is 68.2 Å². The Kier molecular flexibility index (Phi) is 7.11. The van der Waals surface area contributed by atoms with Crippen molar-refractivity contribution in [2.45, 2.75) is 22.6 Å². The van der Waals surface area contributed by atoms with Crippen molar-refractivity contribution in [3.63, 3.8) is 0 Å². The number of nitrogens with one attached hydrogen (secondary N) is 2. The first-order chi connectivity index (χ1) is 17.3. The molecule has 12 heteroatoms. The van der Waals surface area contributed by atoms with Crippen LogP contribution in [0.15, 0.2) is 46.3 Å². The van der Waals surface area contributed by atoms with Gasteiger partial charge in [-0.15, -0.1) is 11.8 Å². The van der Waals surface area contributed by atoms with Gasteiger partial charge in [-0.3, -0.25) is 9.78 Å². The number of amides is 1. The molecule has 1 amide bonds. The molecular formula is C24H26FN5O4S2. The van der Waals surface area contributed by atoms with E-state index in [0.29, 0.717) is 60.0 Å². The number of halogens is 1. The average molecular weight is 532 g/mol. The van der Waals surface area contributed by atoms with E-state index in [2.05, 4.69) is 24.9 Å². The molecule has 1 unspecified atom stereocenters. The fraction of sp³-hybridized carbons (Fsp3) is 0.375. The smallest absolute Gasteiger partial charge is 0.240 e. The topological polar surface area (TPSA) is 114 Å². The van der Waals surface area contributed by atoms with E-state index in [9.17, 15) is 17.6 Å². The summed E-state index contributed by atoms with van der Waals surface area (Å²) in [4.78, 5) is 23.3. The molecule has 4 heterocycles. The van der Waals surface area contributed by atoms with E-state index in [4.69, 9.17) is 4.74 Å². The Hall–Kier alpha value is -2.80. The van der Waals surface area contributed by atoms with E-state index in [1.807, 2.05) is 0 Å². The molecule has 2 N–H and O–H groups in total. The lowest BCUT2D eigenvalue weighted by Crippen LogP contribution is -2.31. The molecular weight excluding hydrogens is 505 g/mol. The highest BCUT2D eigenvalue weighted by atomic mass is 32.2. The van der Waals surface area contributed by atoms with Crippen LogP contribution in [0.5, 0.6) is 5.88 Å². The van der Waals surface area contributed by atoms with Crippen LogP contribution in [0.1, 0.15) is 12.0 Å². The Morgan fingerprint density at radius 3 is 3.00 bits per heavy atom. The van der Waals surface area contributed by atoms with Crippen LogP contribution in [0.3, 0.4) is 0 Å². The maximum absolute atomic E-state index is 14.6. The lowest BCUT2D eigenvalue weighted by molar-refractivity contribution is -0.113. The number of pyridine rings is 2. The van der Waals surface area contributed by atoms with Gasteiger partial charge in [0.05, 0.1) is 40.7 Å². The third kappa shape index (κ3) is 5.31. The number of thioether (sulfide) groups is 1. The van der Waals surface area contributed by atoms with Gasteiger partial charge in [0.25, 0.3) is 0 Å². The number of aromatic nitrogens is 2. The first-order valence-corrected chi connectivity index (χ1v) is 14.1. The van der Waals surface area contributed by atoms with Crippen LogP contribution in [-0.2, 0) is 21.2 Å². The summed E-state index contributed by atoms with van der Waals surface area (Å²) >= 11 is 1.39. The molecule has 1 aromatic carbocycles. The van der Waals surface area contributed by atoms with Crippen molar-refractivity contribution < 1.29 is 22.3 Å². The summed E-state index contributed by atoms with van der Waals surface area (Å²) in [5.41, 5.74) is 2.13. The van der Waals surface area contributed by atoms with E-state index >= 15 is 0 Å². The van der Waals surface area contributed by atoms with Crippen LogP contribution >= 0.6 is 11.8 Å². The molecule has 9 nitrogen and oxygen atoms in total. The second-order valence-electron chi connectivity index (χ2n) is 8.86. The van der Waals surface area contributed by atoms with Crippen LogP contribution in [0.25, 0.3) is 11.0 Å². The minimum atomic E-state index is -3.71. The van der Waals surface area contributed by atoms with Gasteiger partial charge in [-0.25, -0.2) is 22.5 Å². The molecule has 5 rings (SSSR count). The van der Waals surface area contributed by atoms with Gasteiger partial charge in [0.1, 0.15) is 5.82 Å². The van der Waals surface area contributed by atoms with E-state index in [0.717, 1.165) is 17.9 Å². The Labute approximate surface area is 212 Å². The lowest BCUT2D eigenvalue weighted by Gasteiger charge is -2.18. The number of nitrogens with zero attached hydrogens (tertiary/aromatic N) is 3. The maximum Gasteiger partial charge on any atom is 0.240 e. The summed E-state index contributed by atoms with van der Waals surface area (Å²) in [6.45, 7) is 2.44. The fourth-order valence-electron chi connectivity index (χ4n) is 4.52. The molecule has 1 atom stereocenters. The Bertz CT molecular complexity index is 1420. The quantitative estimate of drug-likeness (QED) is 0.456. The number of hydrogen-bond acceptors (Lipinski definition) is 8. The molecule has 0 spiro atoms. The number of ether oxygens (including phenoxy) is 1. The molecule has 1 fully saturated rings. The van der Waals surface area contributed by atoms with Crippen molar-refractivity contribution in [3.05, 3.63) is 47.9 Å². The van der Waals surface area contributed by atoms with Gasteiger partial charge in [-0.1, -0.05) is 0 Å². The number of carbonyl (C=O) groups excluding carboxylic acids is 1. The average Bonchev–Trinajstić information content (AvgIpc) is 3.34. The monoisotopic (exact) mass is 531 g/mol. The summed E-state index contributed by atoms with van der Waals surface area (Å²) in [6, 6.07) is 8.24. The zero-order valence-electron chi connectivity index (χ0n) is 19.7. The number of likely N-dealkylation sites (tertiary alicyclic amines) is 1. The number of sulfonamides is 1. The summed E-state index contributed by atoms with van der Waals surface area (Å²) < 4.78 is 48.2. The predicted octanol–water partition coefficient (Wildman–Crippen LogP) is 2.66. The number of carbonyl (C=O) groups is 1. The maximum atomic E-state index is 14.6. The summed E-state index contributed by atoms with van der Waals surface area (Å²) in [5, 5.41) is 2.72. The Morgan fingerprint density at radius 1 is 1.31 bits per heavy atom. The van der Waals surface area contributed by atoms with E-state index in [1.54, 1.807) is 24.3 Å². The normalized spacial score (nSPS) is 18.3. The van der Waals surface area contributed by atoms with Crippen LogP contribution in [0.2, 0.25) is 0 Å². The van der Waals surface area contributed by atoms with E-state index in [1.165, 1.54) is 31.1 Å². The Balaban J connectivity index is 1.18. The highest BCUT2D eigenvalue weighted by molar-refractivity contribution is 8.00. The lowest BCUT2D eigenvalue weighted by atomic mass is 10.1. The van der Waals surface area contributed by atoms with E-state index in [-0.39, 0.29) is 16.7 Å². The summed E-state index contributed by atoms with van der Waals surface area (Å²) in [7, 11) is -2.20. The minimum Gasteiger partial charge on any atom is -0.481 e. The van der Waals surface area contributed by atoms with Crippen LogP contribution < -0.4 is 14.8 Å². The van der Waals surface area contributed by atoms with Crippen molar-refractivity contribution in [2.75, 3.05) is 44.4 Å². The van der Waals surface area contributed by atoms with Gasteiger partial charge in [-0.05, 0) is 49.6 Å². The molecule has 0 bridgehead atoms. The highest BCUT2D eigenvalue weighted by Crippen LogP contribution is 2.33. The molecule has 2 aliphatic rings. The molecule has 190 valence electrons. The molecule has 36 heavy (non-hydrogen) atoms. The van der Waals surface area contributed by atoms with Gasteiger partial charge in [0, 0.05) is 36.2 Å². The van der Waals surface area contributed by atoms with Crippen molar-refractivity contribution in [1.82, 2.24) is 19.6 Å². The van der Waals surface area contributed by atoms with Gasteiger partial charge in [0.15, 0.2) is 0 Å². The molecule has 2 aliphatic heterocycles. The third-order valence-electron chi connectivity index (χ3n) is 6.45. The number of fused-ring (bicyclic) bond motifs is 2. The van der Waals surface area contributed by atoms with Crippen LogP contribution in [0, 0.1) is 11.7 Å². The predicted molar refractivity (Wildman–Crippen MR) is 135 cm³/mol. The van der Waals surface area contributed by atoms with Gasteiger partial charge >= 0.3 is 0 Å². The molecule has 1 saturated heterocycles. The Morgan fingerprint density at radius 2 is 2.17 bits per heavy atom. The SMILES string of the molecule is COc1ccc2ncc(F)c(CCN3CCC(CNS(=O)(=O)c4ccc5c(c4)NC(=O)CS5)C3)c2n1. The standard InChI is InChI=1S/C24H26FN5O4S2/c1-34-23-5-3-19-24(29-23)17(18(25)12-26-19)7-9-30-8-6-15(13-30)11-27-36(32,33)16-2-4-21-20(10-16)28-22(31)14-35-21/h2-5,10,12,15,27H,6-9,11,13-14H2,1H3,(H,28,31). The highest BCUT2D eigenvalue weighted by Gasteiger charge is 2.26. The molecule has 0 saturated carbocycles. The first-order valence-electron chi connectivity index (χ1n) is 11.6. The zero-order valence-corrected chi connectivity index (χ0v) is 21.3. The molecule has 3 aromatic rings. The van der Waals surface area contributed by atoms with Crippen molar-refractivity contribution >= 4 is 44.4 Å². The summed E-state index contributed by atoms with van der Waals surface area (Å²) in [6.07, 6.45) is 2.52. The number of anilines is 1. The van der Waals surface area contributed by atoms with Crippen LogP contribution in [0.4, 0.5) is 10.1 Å². The largest absolute Gasteiger partial charge is 0.481 e. The van der Waals surface area contributed by atoms with Crippen molar-refractivity contribution in [2.24, 2.45) is 5.92 Å². The number of rotatable bonds is 8. The second-order valence-corrected chi connectivity index (χ2v) is 11.6. The minimum absolute atomic E-state index is 0.127. The number of benzene rings is 1. The molecule has 0 aliphatic carbocycles. The van der Waals surface area contributed by atoms with Crippen molar-refractivity contribution in [1.29, 1.82) is 0 Å². The van der Waals surface area contributed by atoms with E-state index < -0.39 is 15.8 Å². The fourth-order valence-corrected chi connectivity index (χ4v) is 6.45. The third-order valence-corrected chi connectivity index (χ3v) is 8.95. The molecule has 0 radical (unpaired) electrons. The number of hydrogen-bond donors (Lipinski definition) is 2. The second kappa shape index (κ2) is 10.3. The van der Waals surface area contributed by atoms with Gasteiger partial charge in [0.2, 0.25) is 21.8 Å². The van der Waals surface area contributed by atoms with Crippen molar-refractivity contribution in [3.8, 4) is 5.88 Å². The number of methoxy groups -OCH3 is 1. The first kappa shape index (κ1) is 24.9. The molecule has 2 aromatic heterocycles. The zero-order chi connectivity index (χ0) is 25.3.